The standard InChI is InChI=1S/C13H15Cl2NO3/c1-2-19-16-12(4-3-5-13(17)18)9-6-7-10(14)11(15)8-9/h6-8H,2-5H2,1H3,(H,17,18). The minimum atomic E-state index is -0.829. The third kappa shape index (κ3) is 5.49. The molecule has 19 heavy (non-hydrogen) atoms. The highest BCUT2D eigenvalue weighted by Crippen LogP contribution is 2.23. The van der Waals surface area contributed by atoms with Crippen LogP contribution in [-0.2, 0) is 9.63 Å². The molecule has 0 unspecified atom stereocenters. The number of hydrogen-bond acceptors (Lipinski definition) is 3. The maximum atomic E-state index is 10.5. The Bertz CT molecular complexity index is 475. The first-order valence-electron chi connectivity index (χ1n) is 5.90. The molecule has 0 radical (unpaired) electrons. The molecule has 0 spiro atoms. The van der Waals surface area contributed by atoms with Crippen LogP contribution in [0.2, 0.25) is 10.0 Å². The van der Waals surface area contributed by atoms with Crippen molar-refractivity contribution in [2.24, 2.45) is 5.16 Å². The van der Waals surface area contributed by atoms with Crippen molar-refractivity contribution in [1.82, 2.24) is 0 Å². The van der Waals surface area contributed by atoms with Crippen molar-refractivity contribution in [3.63, 3.8) is 0 Å². The van der Waals surface area contributed by atoms with Crippen LogP contribution in [-0.4, -0.2) is 23.4 Å². The first-order valence-corrected chi connectivity index (χ1v) is 6.66. The van der Waals surface area contributed by atoms with Gasteiger partial charge in [0, 0.05) is 12.0 Å². The van der Waals surface area contributed by atoms with Gasteiger partial charge in [0.2, 0.25) is 0 Å². The van der Waals surface area contributed by atoms with Crippen molar-refractivity contribution in [1.29, 1.82) is 0 Å². The van der Waals surface area contributed by atoms with E-state index in [1.54, 1.807) is 18.2 Å². The molecule has 0 heterocycles. The Balaban J connectivity index is 2.83. The van der Waals surface area contributed by atoms with Crippen molar-refractivity contribution in [3.8, 4) is 0 Å². The normalized spacial score (nSPS) is 11.4. The Morgan fingerprint density at radius 3 is 2.63 bits per heavy atom. The van der Waals surface area contributed by atoms with Gasteiger partial charge in [-0.1, -0.05) is 34.4 Å². The van der Waals surface area contributed by atoms with E-state index in [0.717, 1.165) is 5.56 Å². The second-order valence-corrected chi connectivity index (χ2v) is 4.65. The van der Waals surface area contributed by atoms with Crippen LogP contribution >= 0.6 is 23.2 Å². The van der Waals surface area contributed by atoms with Crippen LogP contribution in [0.3, 0.4) is 0 Å². The zero-order valence-electron chi connectivity index (χ0n) is 10.5. The third-order valence-electron chi connectivity index (χ3n) is 2.36. The van der Waals surface area contributed by atoms with Gasteiger partial charge in [-0.05, 0) is 31.9 Å². The Labute approximate surface area is 122 Å². The molecule has 6 heteroatoms. The quantitative estimate of drug-likeness (QED) is 0.612. The van der Waals surface area contributed by atoms with E-state index in [4.69, 9.17) is 33.1 Å². The number of oxime groups is 1. The second kappa shape index (κ2) is 8.02. The number of aliphatic carboxylic acids is 1. The maximum Gasteiger partial charge on any atom is 0.303 e. The van der Waals surface area contributed by atoms with Gasteiger partial charge in [0.05, 0.1) is 15.8 Å². The lowest BCUT2D eigenvalue weighted by Gasteiger charge is -2.07. The molecule has 1 aromatic carbocycles. The first kappa shape index (κ1) is 15.8. The fraction of sp³-hybridized carbons (Fsp3) is 0.385. The van der Waals surface area contributed by atoms with Gasteiger partial charge in [0.1, 0.15) is 6.61 Å². The van der Waals surface area contributed by atoms with Crippen LogP contribution in [0.25, 0.3) is 0 Å². The number of halogens is 2. The van der Waals surface area contributed by atoms with Crippen molar-refractivity contribution in [2.45, 2.75) is 26.2 Å². The molecule has 0 aliphatic carbocycles. The Morgan fingerprint density at radius 1 is 1.32 bits per heavy atom. The minimum absolute atomic E-state index is 0.0897. The summed E-state index contributed by atoms with van der Waals surface area (Å²) in [6.07, 6.45) is 1.08. The summed E-state index contributed by atoms with van der Waals surface area (Å²) in [6, 6.07) is 5.16. The fourth-order valence-corrected chi connectivity index (χ4v) is 1.77. The SMILES string of the molecule is CCON=C(CCCC(=O)O)c1ccc(Cl)c(Cl)c1. The minimum Gasteiger partial charge on any atom is -0.481 e. The average molecular weight is 304 g/mol. The van der Waals surface area contributed by atoms with E-state index in [0.29, 0.717) is 35.2 Å². The van der Waals surface area contributed by atoms with Crippen LogP contribution in [0.4, 0.5) is 0 Å². The first-order chi connectivity index (χ1) is 9.04. The monoisotopic (exact) mass is 303 g/mol. The van der Waals surface area contributed by atoms with Crippen molar-refractivity contribution >= 4 is 34.9 Å². The average Bonchev–Trinajstić information content (AvgIpc) is 2.36. The van der Waals surface area contributed by atoms with Gasteiger partial charge in [-0.25, -0.2) is 0 Å². The molecule has 104 valence electrons. The molecular weight excluding hydrogens is 289 g/mol. The Kier molecular flexibility index (Phi) is 6.67. The summed E-state index contributed by atoms with van der Waals surface area (Å²) in [7, 11) is 0. The van der Waals surface area contributed by atoms with E-state index in [-0.39, 0.29) is 6.42 Å². The summed E-state index contributed by atoms with van der Waals surface area (Å²) >= 11 is 11.8. The smallest absolute Gasteiger partial charge is 0.303 e. The molecule has 0 amide bonds. The van der Waals surface area contributed by atoms with Crippen LogP contribution in [0.15, 0.2) is 23.4 Å². The highest BCUT2D eigenvalue weighted by atomic mass is 35.5. The van der Waals surface area contributed by atoms with Crippen LogP contribution in [0.1, 0.15) is 31.7 Å². The number of carboxylic acids is 1. The molecule has 4 nitrogen and oxygen atoms in total. The molecule has 0 saturated heterocycles. The molecule has 1 aromatic rings. The summed E-state index contributed by atoms with van der Waals surface area (Å²) in [5, 5.41) is 13.5. The van der Waals surface area contributed by atoms with E-state index >= 15 is 0 Å². The number of hydrogen-bond donors (Lipinski definition) is 1. The molecular formula is C13H15Cl2NO3. The lowest BCUT2D eigenvalue weighted by atomic mass is 10.0. The lowest BCUT2D eigenvalue weighted by molar-refractivity contribution is -0.137. The molecule has 1 rings (SSSR count). The predicted molar refractivity (Wildman–Crippen MR) is 76.1 cm³/mol. The topological polar surface area (TPSA) is 58.9 Å². The number of benzene rings is 1. The van der Waals surface area contributed by atoms with Crippen molar-refractivity contribution in [2.75, 3.05) is 6.61 Å². The number of rotatable bonds is 7. The van der Waals surface area contributed by atoms with Gasteiger partial charge >= 0.3 is 5.97 Å². The van der Waals surface area contributed by atoms with E-state index in [2.05, 4.69) is 5.16 Å². The summed E-state index contributed by atoms with van der Waals surface area (Å²) < 4.78 is 0. The van der Waals surface area contributed by atoms with Crippen LogP contribution in [0.5, 0.6) is 0 Å². The lowest BCUT2D eigenvalue weighted by Crippen LogP contribution is -2.04. The van der Waals surface area contributed by atoms with Crippen LogP contribution < -0.4 is 0 Å². The Morgan fingerprint density at radius 2 is 2.05 bits per heavy atom. The van der Waals surface area contributed by atoms with Crippen molar-refractivity contribution < 1.29 is 14.7 Å². The third-order valence-corrected chi connectivity index (χ3v) is 3.10. The number of carbonyl (C=O) groups is 1. The second-order valence-electron chi connectivity index (χ2n) is 3.83. The van der Waals surface area contributed by atoms with Gasteiger partial charge in [-0.2, -0.15) is 0 Å². The molecule has 0 aliphatic rings. The summed E-state index contributed by atoms with van der Waals surface area (Å²) in [5.74, 6) is -0.829. The molecule has 0 atom stereocenters. The van der Waals surface area contributed by atoms with Gasteiger partial charge in [-0.3, -0.25) is 4.79 Å². The van der Waals surface area contributed by atoms with E-state index in [1.165, 1.54) is 0 Å². The highest BCUT2D eigenvalue weighted by Gasteiger charge is 2.09. The zero-order valence-corrected chi connectivity index (χ0v) is 12.0. The number of carboxylic acid groups (broad SMARTS) is 1. The van der Waals surface area contributed by atoms with Crippen LogP contribution in [0, 0.1) is 0 Å². The van der Waals surface area contributed by atoms with Gasteiger partial charge in [-0.15, -0.1) is 0 Å². The highest BCUT2D eigenvalue weighted by molar-refractivity contribution is 6.42. The molecule has 1 N–H and O–H groups in total. The Hall–Kier alpha value is -1.26. The summed E-state index contributed by atoms with van der Waals surface area (Å²) in [4.78, 5) is 15.6. The maximum absolute atomic E-state index is 10.5. The van der Waals surface area contributed by atoms with Gasteiger partial charge in [0.15, 0.2) is 0 Å². The fourth-order valence-electron chi connectivity index (χ4n) is 1.47. The van der Waals surface area contributed by atoms with Gasteiger partial charge in [0.25, 0.3) is 0 Å². The largest absolute Gasteiger partial charge is 0.481 e. The molecule has 0 bridgehead atoms. The number of nitrogens with zero attached hydrogens (tertiary/aromatic N) is 1. The molecule has 0 saturated carbocycles. The van der Waals surface area contributed by atoms with Gasteiger partial charge < -0.3 is 9.94 Å². The molecule has 0 aliphatic heterocycles. The summed E-state index contributed by atoms with van der Waals surface area (Å²) in [6.45, 7) is 2.27. The molecule has 0 fully saturated rings. The molecule has 0 aromatic heterocycles. The predicted octanol–water partition coefficient (Wildman–Crippen LogP) is 3.99. The van der Waals surface area contributed by atoms with Crippen molar-refractivity contribution in [3.05, 3.63) is 33.8 Å². The van der Waals surface area contributed by atoms with E-state index < -0.39 is 5.97 Å². The summed E-state index contributed by atoms with van der Waals surface area (Å²) in [5.41, 5.74) is 1.45. The van der Waals surface area contributed by atoms with E-state index in [1.807, 2.05) is 6.92 Å². The zero-order chi connectivity index (χ0) is 14.3. The van der Waals surface area contributed by atoms with E-state index in [9.17, 15) is 4.79 Å².